The van der Waals surface area contributed by atoms with Crippen molar-refractivity contribution in [2.75, 3.05) is 19.6 Å². The molecule has 1 aliphatic rings. The van der Waals surface area contributed by atoms with Crippen LogP contribution < -0.4 is 5.32 Å². The average molecular weight is 387 g/mol. The lowest BCUT2D eigenvalue weighted by atomic mass is 9.96. The van der Waals surface area contributed by atoms with Gasteiger partial charge in [0.2, 0.25) is 0 Å². The van der Waals surface area contributed by atoms with E-state index in [1.54, 1.807) is 0 Å². The van der Waals surface area contributed by atoms with E-state index in [0.29, 0.717) is 23.4 Å². The van der Waals surface area contributed by atoms with Gasteiger partial charge in [0.05, 0.1) is 6.54 Å². The largest absolute Gasteiger partial charge is 0.434 e. The van der Waals surface area contributed by atoms with Gasteiger partial charge in [0.15, 0.2) is 11.7 Å². The van der Waals surface area contributed by atoms with Crippen LogP contribution in [0.2, 0.25) is 0 Å². The molecule has 2 N–H and O–H groups in total. The summed E-state index contributed by atoms with van der Waals surface area (Å²) in [5.41, 5.74) is -0.856. The first-order chi connectivity index (χ1) is 12.5. The van der Waals surface area contributed by atoms with E-state index in [4.69, 9.17) is 0 Å². The summed E-state index contributed by atoms with van der Waals surface area (Å²) in [6.45, 7) is 4.37. The molecular formula is C15H20F3N7S. The lowest BCUT2D eigenvalue weighted by Crippen LogP contribution is -2.45. The third-order valence-electron chi connectivity index (χ3n) is 4.16. The van der Waals surface area contributed by atoms with Gasteiger partial charge in [0.1, 0.15) is 17.2 Å². The summed E-state index contributed by atoms with van der Waals surface area (Å²) in [6.07, 6.45) is -1.08. The minimum absolute atomic E-state index is 0.130. The number of aromatic amines is 1. The highest BCUT2D eigenvalue weighted by atomic mass is 32.1. The summed E-state index contributed by atoms with van der Waals surface area (Å²) in [5.74, 6) is 1.94. The molecule has 2 aromatic rings. The third kappa shape index (κ3) is 4.51. The van der Waals surface area contributed by atoms with Gasteiger partial charge in [-0.2, -0.15) is 18.3 Å². The number of nitrogens with one attached hydrogen (secondary N) is 2. The maximum atomic E-state index is 12.6. The van der Waals surface area contributed by atoms with Gasteiger partial charge < -0.3 is 10.2 Å². The van der Waals surface area contributed by atoms with Crippen LogP contribution >= 0.6 is 11.3 Å². The van der Waals surface area contributed by atoms with Crippen molar-refractivity contribution >= 4 is 17.3 Å². The molecule has 0 amide bonds. The zero-order valence-corrected chi connectivity index (χ0v) is 15.1. The molecule has 142 valence electrons. The fourth-order valence-electron chi connectivity index (χ4n) is 2.86. The fraction of sp³-hybridized carbons (Fsp3) is 0.600. The van der Waals surface area contributed by atoms with Crippen molar-refractivity contribution in [1.82, 2.24) is 30.4 Å². The number of thiazole rings is 1. The van der Waals surface area contributed by atoms with E-state index >= 15 is 0 Å². The minimum atomic E-state index is -4.41. The summed E-state index contributed by atoms with van der Waals surface area (Å²) >= 11 is 0.978. The predicted octanol–water partition coefficient (Wildman–Crippen LogP) is 2.63. The number of hydrogen-bond donors (Lipinski definition) is 2. The minimum Gasteiger partial charge on any atom is -0.357 e. The van der Waals surface area contributed by atoms with Crippen molar-refractivity contribution in [3.05, 3.63) is 28.2 Å². The van der Waals surface area contributed by atoms with Gasteiger partial charge >= 0.3 is 6.18 Å². The first-order valence-electron chi connectivity index (χ1n) is 8.37. The summed E-state index contributed by atoms with van der Waals surface area (Å²) in [4.78, 5) is 14.4. The van der Waals surface area contributed by atoms with Gasteiger partial charge in [-0.15, -0.1) is 11.3 Å². The van der Waals surface area contributed by atoms with Crippen LogP contribution in [0, 0.1) is 0 Å². The number of hydrogen-bond acceptors (Lipinski definition) is 5. The molecule has 26 heavy (non-hydrogen) atoms. The number of nitrogens with zero attached hydrogens (tertiary/aromatic N) is 5. The van der Waals surface area contributed by atoms with Crippen molar-refractivity contribution in [3.63, 3.8) is 0 Å². The SMILES string of the molecule is CCNC(=NCc1nc(C(F)(F)F)cs1)N1CCC(c2ncn[nH]2)CC1. The molecule has 0 aliphatic carbocycles. The van der Waals surface area contributed by atoms with Crippen LogP contribution in [0.3, 0.4) is 0 Å². The van der Waals surface area contributed by atoms with Crippen LogP contribution in [0.15, 0.2) is 16.7 Å². The summed E-state index contributed by atoms with van der Waals surface area (Å²) in [6, 6.07) is 0. The Kier molecular flexibility index (Phi) is 5.74. The number of halogens is 3. The second kappa shape index (κ2) is 8.02. The summed E-state index contributed by atoms with van der Waals surface area (Å²) in [5, 5.41) is 11.4. The van der Waals surface area contributed by atoms with Crippen molar-refractivity contribution in [3.8, 4) is 0 Å². The van der Waals surface area contributed by atoms with E-state index in [1.165, 1.54) is 6.33 Å². The molecule has 11 heteroatoms. The molecule has 2 aromatic heterocycles. The van der Waals surface area contributed by atoms with Crippen molar-refractivity contribution < 1.29 is 13.2 Å². The Morgan fingerprint density at radius 2 is 2.19 bits per heavy atom. The molecule has 3 rings (SSSR count). The molecule has 0 aromatic carbocycles. The lowest BCUT2D eigenvalue weighted by Gasteiger charge is -2.33. The Bertz CT molecular complexity index is 718. The van der Waals surface area contributed by atoms with E-state index in [0.717, 1.165) is 48.5 Å². The van der Waals surface area contributed by atoms with E-state index in [9.17, 15) is 13.2 Å². The molecule has 0 radical (unpaired) electrons. The number of alkyl halides is 3. The molecule has 1 aliphatic heterocycles. The molecule has 3 heterocycles. The Hall–Kier alpha value is -2.17. The second-order valence-electron chi connectivity index (χ2n) is 5.93. The summed E-state index contributed by atoms with van der Waals surface area (Å²) < 4.78 is 37.9. The molecule has 1 fully saturated rings. The highest BCUT2D eigenvalue weighted by Gasteiger charge is 2.33. The Morgan fingerprint density at radius 3 is 2.77 bits per heavy atom. The van der Waals surface area contributed by atoms with Crippen LogP contribution in [0.5, 0.6) is 0 Å². The van der Waals surface area contributed by atoms with Crippen LogP contribution in [0.4, 0.5) is 13.2 Å². The number of H-pyrrole nitrogens is 1. The molecule has 1 saturated heterocycles. The molecule has 0 saturated carbocycles. The van der Waals surface area contributed by atoms with Crippen LogP contribution in [0.1, 0.15) is 42.2 Å². The van der Waals surface area contributed by atoms with E-state index in [-0.39, 0.29) is 6.54 Å². The molecule has 0 unspecified atom stereocenters. The standard InChI is InChI=1S/C15H20F3N7S/c1-2-19-14(20-7-12-23-11(8-26-12)15(16,17)18)25-5-3-10(4-6-25)13-21-9-22-24-13/h8-10H,2-7H2,1H3,(H,19,20)(H,21,22,24). The summed E-state index contributed by atoms with van der Waals surface area (Å²) in [7, 11) is 0. The third-order valence-corrected chi connectivity index (χ3v) is 4.99. The molecular weight excluding hydrogens is 367 g/mol. The fourth-order valence-corrected chi connectivity index (χ4v) is 3.58. The maximum Gasteiger partial charge on any atom is 0.434 e. The predicted molar refractivity (Wildman–Crippen MR) is 91.9 cm³/mol. The lowest BCUT2D eigenvalue weighted by molar-refractivity contribution is -0.140. The Morgan fingerprint density at radius 1 is 1.42 bits per heavy atom. The van der Waals surface area contributed by atoms with E-state index < -0.39 is 11.9 Å². The molecule has 0 spiro atoms. The highest BCUT2D eigenvalue weighted by molar-refractivity contribution is 7.09. The van der Waals surface area contributed by atoms with Crippen LogP contribution in [0.25, 0.3) is 0 Å². The monoisotopic (exact) mass is 387 g/mol. The van der Waals surface area contributed by atoms with Crippen LogP contribution in [-0.4, -0.2) is 50.7 Å². The topological polar surface area (TPSA) is 82.1 Å². The van der Waals surface area contributed by atoms with Gasteiger partial charge in [-0.1, -0.05) is 0 Å². The molecule has 7 nitrogen and oxygen atoms in total. The van der Waals surface area contributed by atoms with Crippen molar-refractivity contribution in [2.45, 2.75) is 38.4 Å². The molecule has 0 atom stereocenters. The Labute approximate surface area is 152 Å². The normalized spacial score (nSPS) is 16.9. The van der Waals surface area contributed by atoms with E-state index in [1.807, 2.05) is 6.92 Å². The van der Waals surface area contributed by atoms with E-state index in [2.05, 4.69) is 35.4 Å². The zero-order valence-electron chi connectivity index (χ0n) is 14.3. The van der Waals surface area contributed by atoms with Gasteiger partial charge in [0.25, 0.3) is 0 Å². The smallest absolute Gasteiger partial charge is 0.357 e. The quantitative estimate of drug-likeness (QED) is 0.623. The average Bonchev–Trinajstić information content (AvgIpc) is 3.30. The second-order valence-corrected chi connectivity index (χ2v) is 6.87. The molecule has 0 bridgehead atoms. The number of rotatable bonds is 4. The maximum absolute atomic E-state index is 12.6. The van der Waals surface area contributed by atoms with Crippen molar-refractivity contribution in [1.29, 1.82) is 0 Å². The number of aromatic nitrogens is 4. The van der Waals surface area contributed by atoms with Gasteiger partial charge in [-0.25, -0.2) is 15.0 Å². The van der Waals surface area contributed by atoms with Gasteiger partial charge in [-0.05, 0) is 19.8 Å². The first-order valence-corrected chi connectivity index (χ1v) is 9.25. The van der Waals surface area contributed by atoms with Gasteiger partial charge in [-0.3, -0.25) is 5.10 Å². The number of aliphatic imine (C=N–C) groups is 1. The van der Waals surface area contributed by atoms with Crippen LogP contribution in [-0.2, 0) is 12.7 Å². The first kappa shape index (κ1) is 18.6. The Balaban J connectivity index is 1.62. The highest BCUT2D eigenvalue weighted by Crippen LogP contribution is 2.30. The number of piperidine rings is 1. The zero-order chi connectivity index (χ0) is 18.6. The number of likely N-dealkylation sites (tertiary alicyclic amines) is 1. The van der Waals surface area contributed by atoms with Gasteiger partial charge in [0, 0.05) is 30.9 Å². The number of guanidine groups is 1. The van der Waals surface area contributed by atoms with Crippen molar-refractivity contribution in [2.24, 2.45) is 4.99 Å².